The molecule has 4 rings (SSSR count). The Morgan fingerprint density at radius 2 is 0.709 bits per heavy atom. The Morgan fingerprint density at radius 3 is 0.891 bits per heavy atom. The van der Waals surface area contributed by atoms with Gasteiger partial charge in [0.1, 0.15) is 0 Å². The van der Waals surface area contributed by atoms with E-state index < -0.39 is 24.9 Å². The molecule has 4 atom stereocenters. The molecule has 9 heteroatoms. The molecule has 0 saturated heterocycles. The van der Waals surface area contributed by atoms with E-state index >= 15 is 0 Å². The first-order valence-electron chi connectivity index (χ1n) is 20.0. The summed E-state index contributed by atoms with van der Waals surface area (Å²) >= 11 is 0. The first kappa shape index (κ1) is 48.7. The minimum atomic E-state index is -5.17. The second kappa shape index (κ2) is 24.3. The van der Waals surface area contributed by atoms with E-state index in [0.29, 0.717) is 23.7 Å². The van der Waals surface area contributed by atoms with Gasteiger partial charge in [-0.3, -0.25) is 8.42 Å². The molecule has 55 heavy (non-hydrogen) atoms. The van der Waals surface area contributed by atoms with E-state index in [-0.39, 0.29) is 12.2 Å². The quantitative estimate of drug-likeness (QED) is 0.0589. The lowest BCUT2D eigenvalue weighted by molar-refractivity contribution is 0.0814. The van der Waals surface area contributed by atoms with Crippen LogP contribution in [-0.2, 0) is 10.4 Å². The van der Waals surface area contributed by atoms with Gasteiger partial charge in [-0.2, -0.15) is 0 Å². The zero-order chi connectivity index (χ0) is 41.1. The fourth-order valence-electron chi connectivity index (χ4n) is 7.64. The average Bonchev–Trinajstić information content (AvgIpc) is 3.18. The molecule has 2 N–H and O–H groups in total. The maximum absolute atomic E-state index is 10.7. The van der Waals surface area contributed by atoms with Crippen molar-refractivity contribution >= 4 is 46.1 Å². The number of rotatable bonds is 18. The Kier molecular flexibility index (Phi) is 21.5. The summed E-state index contributed by atoms with van der Waals surface area (Å²) in [5.41, 5.74) is 0. The SMILES string of the molecule is CCCC[P+](CC(C)C(O)C(C)C)(c1ccccc1)c1ccccc1.CCCC[P+](CC(C)C(O)C(C)C)(c1ccccc1)c1ccccc1.O=S(=O)([O-])[O-]. The van der Waals surface area contributed by atoms with E-state index in [1.54, 1.807) is 0 Å². The van der Waals surface area contributed by atoms with Gasteiger partial charge in [0.05, 0.1) is 72.6 Å². The Bertz CT molecular complexity index is 1490. The normalized spacial score (nSPS) is 14.2. The molecule has 0 aliphatic rings. The Hall–Kier alpha value is -2.47. The highest BCUT2D eigenvalue weighted by Gasteiger charge is 2.45. The van der Waals surface area contributed by atoms with Crippen molar-refractivity contribution in [1.82, 2.24) is 0 Å². The maximum Gasteiger partial charge on any atom is 0.0991 e. The Balaban J connectivity index is 0.000000338. The number of aliphatic hydroxyl groups excluding tert-OH is 2. The van der Waals surface area contributed by atoms with Crippen LogP contribution in [0.5, 0.6) is 0 Å². The third kappa shape index (κ3) is 15.8. The lowest BCUT2D eigenvalue weighted by Gasteiger charge is -2.32. The van der Waals surface area contributed by atoms with E-state index in [4.69, 9.17) is 17.5 Å². The van der Waals surface area contributed by atoms with Crippen molar-refractivity contribution in [1.29, 1.82) is 0 Å². The lowest BCUT2D eigenvalue weighted by Crippen LogP contribution is -2.35. The largest absolute Gasteiger partial charge is 0.759 e. The van der Waals surface area contributed by atoms with Crippen molar-refractivity contribution in [2.24, 2.45) is 23.7 Å². The second-order valence-electron chi connectivity index (χ2n) is 15.6. The molecule has 0 aliphatic carbocycles. The fourth-order valence-corrected chi connectivity index (χ4v) is 17.6. The Morgan fingerprint density at radius 1 is 0.491 bits per heavy atom. The zero-order valence-corrected chi connectivity index (χ0v) is 37.1. The van der Waals surface area contributed by atoms with Crippen molar-refractivity contribution < 1.29 is 27.7 Å². The van der Waals surface area contributed by atoms with E-state index in [2.05, 4.69) is 177 Å². The molecule has 4 aromatic carbocycles. The van der Waals surface area contributed by atoms with Crippen LogP contribution in [0.1, 0.15) is 81.1 Å². The van der Waals surface area contributed by atoms with Gasteiger partial charge in [0.2, 0.25) is 0 Å². The van der Waals surface area contributed by atoms with Gasteiger partial charge in [-0.15, -0.1) is 0 Å². The molecular formula is C46H68O6P2S. The van der Waals surface area contributed by atoms with Gasteiger partial charge < -0.3 is 19.3 Å². The van der Waals surface area contributed by atoms with Crippen molar-refractivity contribution in [3.63, 3.8) is 0 Å². The van der Waals surface area contributed by atoms with Crippen LogP contribution in [0.3, 0.4) is 0 Å². The van der Waals surface area contributed by atoms with Crippen LogP contribution in [-0.4, -0.2) is 64.6 Å². The molecule has 6 nitrogen and oxygen atoms in total. The molecule has 0 aliphatic heterocycles. The first-order chi connectivity index (χ1) is 26.0. The second-order valence-corrected chi connectivity index (χ2v) is 24.0. The number of hydrogen-bond donors (Lipinski definition) is 2. The van der Waals surface area contributed by atoms with Gasteiger partial charge in [0.25, 0.3) is 0 Å². The zero-order valence-electron chi connectivity index (χ0n) is 34.5. The summed E-state index contributed by atoms with van der Waals surface area (Å²) in [5, 5.41) is 27.3. The number of benzene rings is 4. The third-order valence-corrected chi connectivity index (χ3v) is 20.2. The van der Waals surface area contributed by atoms with Crippen molar-refractivity contribution in [2.45, 2.75) is 93.3 Å². The maximum atomic E-state index is 10.7. The first-order valence-corrected chi connectivity index (χ1v) is 25.7. The smallest absolute Gasteiger partial charge is 0.0991 e. The molecule has 0 bridgehead atoms. The summed E-state index contributed by atoms with van der Waals surface area (Å²) in [4.78, 5) is 0. The van der Waals surface area contributed by atoms with Crippen LogP contribution in [0, 0.1) is 23.7 Å². The van der Waals surface area contributed by atoms with E-state index in [1.807, 2.05) is 0 Å². The van der Waals surface area contributed by atoms with Crippen LogP contribution in [0.4, 0.5) is 0 Å². The van der Waals surface area contributed by atoms with Crippen molar-refractivity contribution in [2.75, 3.05) is 24.6 Å². The minimum absolute atomic E-state index is 0.242. The molecule has 0 heterocycles. The van der Waals surface area contributed by atoms with E-state index in [9.17, 15) is 10.2 Å². The van der Waals surface area contributed by atoms with Gasteiger partial charge >= 0.3 is 0 Å². The Labute approximate surface area is 335 Å². The van der Waals surface area contributed by atoms with E-state index in [0.717, 1.165) is 12.3 Å². The average molecular weight is 811 g/mol. The van der Waals surface area contributed by atoms with Crippen LogP contribution < -0.4 is 21.2 Å². The van der Waals surface area contributed by atoms with Crippen LogP contribution >= 0.6 is 14.5 Å². The molecule has 0 radical (unpaired) electrons. The highest BCUT2D eigenvalue weighted by Crippen LogP contribution is 2.60. The van der Waals surface area contributed by atoms with Gasteiger partial charge in [-0.05, 0) is 73.2 Å². The van der Waals surface area contributed by atoms with E-state index in [1.165, 1.54) is 59.2 Å². The van der Waals surface area contributed by atoms with Crippen LogP contribution in [0.15, 0.2) is 121 Å². The summed E-state index contributed by atoms with van der Waals surface area (Å²) in [6, 6.07) is 44.3. The minimum Gasteiger partial charge on any atom is -0.759 e. The van der Waals surface area contributed by atoms with Gasteiger partial charge in [-0.25, -0.2) is 0 Å². The molecule has 0 fully saturated rings. The van der Waals surface area contributed by atoms with Gasteiger partial charge in [0, 0.05) is 22.2 Å². The van der Waals surface area contributed by atoms with Gasteiger partial charge in [0.15, 0.2) is 0 Å². The summed E-state index contributed by atoms with van der Waals surface area (Å²) < 4.78 is 34.1. The number of aliphatic hydroxyl groups is 2. The van der Waals surface area contributed by atoms with Gasteiger partial charge in [-0.1, -0.05) is 141 Å². The fraction of sp³-hybridized carbons (Fsp3) is 0.478. The standard InChI is InChI=1S/2C23H34OP.H2O4S/c2*1-5-6-17-25(21-13-9-7-10-14-21,22-15-11-8-12-16-22)18-20(4)23(24)19(2)3;1-5(2,3)4/h2*7-16,19-20,23-24H,5-6,17-18H2,1-4H3;(H2,1,2,3,4)/q2*+1;/p-2. The third-order valence-electron chi connectivity index (χ3n) is 10.5. The molecule has 4 aromatic rings. The van der Waals surface area contributed by atoms with Crippen LogP contribution in [0.2, 0.25) is 0 Å². The highest BCUT2D eigenvalue weighted by atomic mass is 32.3. The molecule has 304 valence electrons. The lowest BCUT2D eigenvalue weighted by atomic mass is 9.97. The predicted octanol–water partition coefficient (Wildman–Crippen LogP) is 8.88. The topological polar surface area (TPSA) is 121 Å². The molecule has 0 amide bonds. The summed E-state index contributed by atoms with van der Waals surface area (Å²) in [5.74, 6) is 1.19. The predicted molar refractivity (Wildman–Crippen MR) is 238 cm³/mol. The monoisotopic (exact) mass is 810 g/mol. The van der Waals surface area contributed by atoms with Crippen molar-refractivity contribution in [3.8, 4) is 0 Å². The summed E-state index contributed by atoms with van der Waals surface area (Å²) in [6.07, 6.45) is 9.04. The number of hydrogen-bond acceptors (Lipinski definition) is 6. The molecular weight excluding hydrogens is 743 g/mol. The molecule has 0 aromatic heterocycles. The van der Waals surface area contributed by atoms with Crippen LogP contribution in [0.25, 0.3) is 0 Å². The molecule has 0 spiro atoms. The summed E-state index contributed by atoms with van der Waals surface area (Å²) in [6.45, 7) is 17.5. The molecule has 0 saturated carbocycles. The highest BCUT2D eigenvalue weighted by molar-refractivity contribution is 7.90. The van der Waals surface area contributed by atoms with Crippen molar-refractivity contribution in [3.05, 3.63) is 121 Å². The molecule has 4 unspecified atom stereocenters. The number of unbranched alkanes of at least 4 members (excludes halogenated alkanes) is 2. The summed E-state index contributed by atoms with van der Waals surface area (Å²) in [7, 11) is -8.22.